The second kappa shape index (κ2) is 12.9. The zero-order valence-corrected chi connectivity index (χ0v) is 22.7. The standard InChI is InChI=1S/C28H36N2O4S2/c1-19-3-10-28(36-19)35-16-15-30-14-12-20(21(18-30)5-9-27(32)33)4-8-26(31)23-11-13-29-25-7-6-22(34-2)17-24(23)25/h3,6-7,10-11,13,17,20-21,26,31H,4-5,8-9,12,14-16,18H2,1-2H3,(H,32,33)/t20?,21?,26-/m0/s1. The van der Waals surface area contributed by atoms with Crippen LogP contribution in [0.2, 0.25) is 0 Å². The average molecular weight is 529 g/mol. The number of likely N-dealkylation sites (tertiary alicyclic amines) is 1. The van der Waals surface area contributed by atoms with Gasteiger partial charge in [0, 0.05) is 41.7 Å². The quantitative estimate of drug-likeness (QED) is 0.278. The molecule has 36 heavy (non-hydrogen) atoms. The molecule has 3 aromatic rings. The van der Waals surface area contributed by atoms with Gasteiger partial charge in [0.1, 0.15) is 5.75 Å². The van der Waals surface area contributed by atoms with Gasteiger partial charge in [-0.3, -0.25) is 9.78 Å². The second-order valence-corrected chi connectivity index (χ2v) is 12.3. The fourth-order valence-corrected chi connectivity index (χ4v) is 7.42. The fraction of sp³-hybridized carbons (Fsp3) is 0.500. The van der Waals surface area contributed by atoms with Gasteiger partial charge in [0.2, 0.25) is 0 Å². The Morgan fingerprint density at radius 1 is 1.25 bits per heavy atom. The van der Waals surface area contributed by atoms with E-state index in [1.54, 1.807) is 13.3 Å². The number of hydrogen-bond donors (Lipinski definition) is 2. The number of pyridine rings is 1. The second-order valence-electron chi connectivity index (χ2n) is 9.63. The van der Waals surface area contributed by atoms with E-state index < -0.39 is 12.1 Å². The van der Waals surface area contributed by atoms with E-state index in [-0.39, 0.29) is 6.42 Å². The fourth-order valence-electron chi connectivity index (χ4n) is 5.23. The van der Waals surface area contributed by atoms with Gasteiger partial charge in [-0.2, -0.15) is 0 Å². The van der Waals surface area contributed by atoms with Crippen LogP contribution in [0.1, 0.15) is 48.6 Å². The third-order valence-electron chi connectivity index (χ3n) is 7.22. The highest BCUT2D eigenvalue weighted by molar-refractivity contribution is 8.01. The van der Waals surface area contributed by atoms with Crippen molar-refractivity contribution in [1.82, 2.24) is 9.88 Å². The van der Waals surface area contributed by atoms with Crippen LogP contribution in [0, 0.1) is 18.8 Å². The molecule has 1 aromatic carbocycles. The van der Waals surface area contributed by atoms with Crippen LogP contribution in [0.25, 0.3) is 10.9 Å². The molecular formula is C28H36N2O4S2. The van der Waals surface area contributed by atoms with Gasteiger partial charge in [-0.05, 0) is 92.9 Å². The monoisotopic (exact) mass is 528 g/mol. The topological polar surface area (TPSA) is 82.9 Å². The van der Waals surface area contributed by atoms with Crippen LogP contribution in [0.3, 0.4) is 0 Å². The Hall–Kier alpha value is -2.13. The van der Waals surface area contributed by atoms with Crippen molar-refractivity contribution in [3.63, 3.8) is 0 Å². The van der Waals surface area contributed by atoms with E-state index >= 15 is 0 Å². The van der Waals surface area contributed by atoms with Crippen molar-refractivity contribution in [3.8, 4) is 5.75 Å². The minimum atomic E-state index is -0.730. The van der Waals surface area contributed by atoms with Crippen molar-refractivity contribution in [2.45, 2.75) is 49.3 Å². The van der Waals surface area contributed by atoms with E-state index in [4.69, 9.17) is 4.74 Å². The number of aromatic nitrogens is 1. The number of rotatable bonds is 12. The smallest absolute Gasteiger partial charge is 0.303 e. The molecule has 0 spiro atoms. The van der Waals surface area contributed by atoms with Gasteiger partial charge in [0.05, 0.1) is 22.9 Å². The number of fused-ring (bicyclic) bond motifs is 1. The SMILES string of the molecule is COc1ccc2nccc([C@@H](O)CCC3CCN(CCSc4ccc(C)s4)CC3CCC(=O)O)c2c1. The summed E-state index contributed by atoms with van der Waals surface area (Å²) in [6.45, 7) is 5.13. The number of aryl methyl sites for hydroxylation is 1. The molecule has 0 amide bonds. The molecule has 2 unspecified atom stereocenters. The lowest BCUT2D eigenvalue weighted by atomic mass is 9.79. The minimum absolute atomic E-state index is 0.204. The Bertz CT molecular complexity index is 1150. The van der Waals surface area contributed by atoms with E-state index in [1.807, 2.05) is 47.4 Å². The Labute approximate surface area is 221 Å². The first-order valence-electron chi connectivity index (χ1n) is 12.7. The Morgan fingerprint density at radius 3 is 2.86 bits per heavy atom. The molecule has 1 saturated heterocycles. The average Bonchev–Trinajstić information content (AvgIpc) is 3.30. The molecular weight excluding hydrogens is 492 g/mol. The molecule has 194 valence electrons. The first-order chi connectivity index (χ1) is 17.4. The van der Waals surface area contributed by atoms with Crippen LogP contribution in [0.4, 0.5) is 0 Å². The first kappa shape index (κ1) is 26.9. The van der Waals surface area contributed by atoms with Crippen LogP contribution in [0.5, 0.6) is 5.75 Å². The predicted octanol–water partition coefficient (Wildman–Crippen LogP) is 6.02. The molecule has 8 heteroatoms. The van der Waals surface area contributed by atoms with Gasteiger partial charge >= 0.3 is 5.97 Å². The van der Waals surface area contributed by atoms with Gasteiger partial charge in [-0.25, -0.2) is 0 Å². The number of aliphatic hydroxyl groups excluding tert-OH is 1. The van der Waals surface area contributed by atoms with Crippen molar-refractivity contribution in [2.75, 3.05) is 32.5 Å². The first-order valence-corrected chi connectivity index (χ1v) is 14.5. The molecule has 0 saturated carbocycles. The van der Waals surface area contributed by atoms with Crippen molar-refractivity contribution in [3.05, 3.63) is 53.0 Å². The number of nitrogens with zero attached hydrogens (tertiary/aromatic N) is 2. The number of aliphatic carboxylic acids is 1. The Morgan fingerprint density at radius 2 is 2.11 bits per heavy atom. The van der Waals surface area contributed by atoms with Crippen molar-refractivity contribution in [2.24, 2.45) is 11.8 Å². The summed E-state index contributed by atoms with van der Waals surface area (Å²) in [5.41, 5.74) is 1.72. The largest absolute Gasteiger partial charge is 0.497 e. The van der Waals surface area contributed by atoms with Crippen LogP contribution >= 0.6 is 23.1 Å². The summed E-state index contributed by atoms with van der Waals surface area (Å²) in [5, 5.41) is 21.3. The lowest BCUT2D eigenvalue weighted by Crippen LogP contribution is -2.41. The minimum Gasteiger partial charge on any atom is -0.497 e. The molecule has 3 heterocycles. The molecule has 2 N–H and O–H groups in total. The molecule has 0 aliphatic carbocycles. The zero-order valence-electron chi connectivity index (χ0n) is 21.1. The molecule has 0 bridgehead atoms. The Balaban J connectivity index is 1.35. The van der Waals surface area contributed by atoms with E-state index in [9.17, 15) is 15.0 Å². The van der Waals surface area contributed by atoms with E-state index in [0.29, 0.717) is 24.7 Å². The van der Waals surface area contributed by atoms with Gasteiger partial charge in [-0.1, -0.05) is 0 Å². The van der Waals surface area contributed by atoms with Crippen molar-refractivity contribution < 1.29 is 19.7 Å². The predicted molar refractivity (Wildman–Crippen MR) is 147 cm³/mol. The number of carbonyl (C=O) groups is 1. The van der Waals surface area contributed by atoms with Gasteiger partial charge in [-0.15, -0.1) is 23.1 Å². The van der Waals surface area contributed by atoms with E-state index in [2.05, 4.69) is 28.9 Å². The van der Waals surface area contributed by atoms with E-state index in [0.717, 1.165) is 60.4 Å². The van der Waals surface area contributed by atoms with Crippen molar-refractivity contribution in [1.29, 1.82) is 0 Å². The number of piperidine rings is 1. The highest BCUT2D eigenvalue weighted by atomic mass is 32.2. The lowest BCUT2D eigenvalue weighted by Gasteiger charge is -2.39. The number of hydrogen-bond acceptors (Lipinski definition) is 7. The van der Waals surface area contributed by atoms with Crippen molar-refractivity contribution >= 4 is 40.0 Å². The maximum atomic E-state index is 11.3. The highest BCUT2D eigenvalue weighted by Gasteiger charge is 2.30. The number of carboxylic acids is 1. The molecule has 2 aromatic heterocycles. The lowest BCUT2D eigenvalue weighted by molar-refractivity contribution is -0.137. The van der Waals surface area contributed by atoms with Crippen LogP contribution in [-0.2, 0) is 4.79 Å². The summed E-state index contributed by atoms with van der Waals surface area (Å²) in [5.74, 6) is 1.83. The third kappa shape index (κ3) is 7.22. The summed E-state index contributed by atoms with van der Waals surface area (Å²) in [7, 11) is 1.64. The Kier molecular flexibility index (Phi) is 9.65. The molecule has 1 fully saturated rings. The number of aliphatic hydroxyl groups is 1. The number of benzene rings is 1. The summed E-state index contributed by atoms with van der Waals surface area (Å²) < 4.78 is 6.73. The molecule has 0 radical (unpaired) electrons. The molecule has 6 nitrogen and oxygen atoms in total. The summed E-state index contributed by atoms with van der Waals surface area (Å²) >= 11 is 3.75. The van der Waals surface area contributed by atoms with Gasteiger partial charge < -0.3 is 19.8 Å². The number of carboxylic acid groups (broad SMARTS) is 1. The number of thioether (sulfide) groups is 1. The van der Waals surface area contributed by atoms with E-state index in [1.165, 1.54) is 9.09 Å². The summed E-state index contributed by atoms with van der Waals surface area (Å²) in [4.78, 5) is 19.6. The normalized spacial score (nSPS) is 19.4. The number of methoxy groups -OCH3 is 1. The third-order valence-corrected chi connectivity index (χ3v) is 9.43. The molecule has 1 aliphatic heterocycles. The molecule has 3 atom stereocenters. The molecule has 4 rings (SSSR count). The highest BCUT2D eigenvalue weighted by Crippen LogP contribution is 2.35. The number of thiophene rings is 1. The van der Waals surface area contributed by atoms with Crippen LogP contribution in [-0.4, -0.2) is 58.6 Å². The number of ether oxygens (including phenoxy) is 1. The maximum Gasteiger partial charge on any atom is 0.303 e. The van der Waals surface area contributed by atoms with Gasteiger partial charge in [0.25, 0.3) is 0 Å². The maximum absolute atomic E-state index is 11.3. The summed E-state index contributed by atoms with van der Waals surface area (Å²) in [6, 6.07) is 12.0. The van der Waals surface area contributed by atoms with Crippen LogP contribution < -0.4 is 4.74 Å². The van der Waals surface area contributed by atoms with Crippen LogP contribution in [0.15, 0.2) is 46.8 Å². The van der Waals surface area contributed by atoms with Gasteiger partial charge in [0.15, 0.2) is 0 Å². The summed E-state index contributed by atoms with van der Waals surface area (Å²) in [6.07, 6.45) is 4.64. The zero-order chi connectivity index (χ0) is 25.5. The molecule has 1 aliphatic rings.